The molecule has 4 fully saturated rings. The van der Waals surface area contributed by atoms with Crippen molar-refractivity contribution in [2.24, 2.45) is 11.3 Å². The van der Waals surface area contributed by atoms with E-state index in [1.54, 1.807) is 42.8 Å². The van der Waals surface area contributed by atoms with Crippen molar-refractivity contribution in [3.05, 3.63) is 94.4 Å². The third-order valence-corrected chi connectivity index (χ3v) is 14.2. The number of carbonyl (C=O) groups excluding carboxylic acids is 4. The fourth-order valence-electron chi connectivity index (χ4n) is 10.6. The van der Waals surface area contributed by atoms with Crippen LogP contribution in [0.2, 0.25) is 0 Å². The molecule has 5 aromatic rings. The number of ether oxygens (including phenoxy) is 1. The molecule has 2 saturated heterocycles. The quantitative estimate of drug-likeness (QED) is 0.144. The Bertz CT molecular complexity index is 2720. The molecule has 332 valence electrons. The second kappa shape index (κ2) is 16.3. The molecule has 2 aliphatic carbocycles. The molecule has 10 rings (SSSR count). The third-order valence-electron chi connectivity index (χ3n) is 14.2. The van der Waals surface area contributed by atoms with Crippen LogP contribution >= 0.6 is 0 Å². The summed E-state index contributed by atoms with van der Waals surface area (Å²) in [5.41, 5.74) is 6.21. The van der Waals surface area contributed by atoms with Crippen LogP contribution in [-0.2, 0) is 22.4 Å². The maximum absolute atomic E-state index is 16.1. The molecule has 0 bridgehead atoms. The lowest BCUT2D eigenvalue weighted by molar-refractivity contribution is -0.120. The molecular formula is C47H50F2N10O5. The van der Waals surface area contributed by atoms with E-state index in [2.05, 4.69) is 25.8 Å². The van der Waals surface area contributed by atoms with E-state index >= 15 is 8.78 Å². The van der Waals surface area contributed by atoms with Crippen LogP contribution in [0.4, 0.5) is 36.5 Å². The molecule has 5 aliphatic rings. The van der Waals surface area contributed by atoms with Crippen molar-refractivity contribution in [3.63, 3.8) is 0 Å². The van der Waals surface area contributed by atoms with E-state index in [0.29, 0.717) is 78.2 Å². The highest BCUT2D eigenvalue weighted by molar-refractivity contribution is 6.06. The van der Waals surface area contributed by atoms with Gasteiger partial charge in [0.25, 0.3) is 11.8 Å². The Hall–Kier alpha value is -6.49. The largest absolute Gasteiger partial charge is 0.385 e. The number of aryl methyl sites for hydroxylation is 1. The Morgan fingerprint density at radius 1 is 0.938 bits per heavy atom. The maximum atomic E-state index is 16.1. The topological polar surface area (TPSA) is 166 Å². The summed E-state index contributed by atoms with van der Waals surface area (Å²) >= 11 is 0. The van der Waals surface area contributed by atoms with E-state index < -0.39 is 17.8 Å². The summed E-state index contributed by atoms with van der Waals surface area (Å²) < 4.78 is 38.3. The van der Waals surface area contributed by atoms with Crippen LogP contribution in [0, 0.1) is 29.9 Å². The van der Waals surface area contributed by atoms with Crippen molar-refractivity contribution >= 4 is 52.3 Å². The summed E-state index contributed by atoms with van der Waals surface area (Å²) in [7, 11) is 3.45. The summed E-state index contributed by atoms with van der Waals surface area (Å²) in [4.78, 5) is 65.5. The van der Waals surface area contributed by atoms with Crippen molar-refractivity contribution in [2.75, 3.05) is 55.5 Å². The van der Waals surface area contributed by atoms with E-state index in [9.17, 15) is 19.2 Å². The first-order chi connectivity index (χ1) is 30.9. The van der Waals surface area contributed by atoms with E-state index in [0.717, 1.165) is 60.9 Å². The minimum atomic E-state index is -0.638. The summed E-state index contributed by atoms with van der Waals surface area (Å²) in [5.74, 6) is -1.08. The van der Waals surface area contributed by atoms with Crippen LogP contribution in [-0.4, -0.2) is 101 Å². The summed E-state index contributed by atoms with van der Waals surface area (Å²) in [5, 5.41) is 13.4. The Labute approximate surface area is 368 Å². The van der Waals surface area contributed by atoms with Gasteiger partial charge in [0.1, 0.15) is 17.3 Å². The number of imide groups is 1. The van der Waals surface area contributed by atoms with Gasteiger partial charge in [0, 0.05) is 76.0 Å². The number of urea groups is 1. The number of aromatic nitrogens is 4. The zero-order chi connectivity index (χ0) is 44.4. The molecule has 3 N–H and O–H groups in total. The van der Waals surface area contributed by atoms with E-state index in [-0.39, 0.29) is 53.7 Å². The molecular weight excluding hydrogens is 823 g/mol. The van der Waals surface area contributed by atoms with Crippen LogP contribution in [0.5, 0.6) is 0 Å². The van der Waals surface area contributed by atoms with Gasteiger partial charge >= 0.3 is 6.03 Å². The number of halogens is 2. The number of benzene rings is 2. The highest BCUT2D eigenvalue weighted by atomic mass is 19.1. The first-order valence-electron chi connectivity index (χ1n) is 22.1. The predicted octanol–water partition coefficient (Wildman–Crippen LogP) is 6.34. The average Bonchev–Trinajstić information content (AvgIpc) is 3.90. The highest BCUT2D eigenvalue weighted by Gasteiger charge is 2.46. The molecule has 2 saturated carbocycles. The van der Waals surface area contributed by atoms with Crippen molar-refractivity contribution in [2.45, 2.75) is 76.9 Å². The van der Waals surface area contributed by atoms with Gasteiger partial charge in [-0.1, -0.05) is 12.1 Å². The Morgan fingerprint density at radius 3 is 2.45 bits per heavy atom. The van der Waals surface area contributed by atoms with Gasteiger partial charge in [0.2, 0.25) is 5.91 Å². The van der Waals surface area contributed by atoms with Crippen LogP contribution in [0.25, 0.3) is 16.9 Å². The number of carbonyl (C=O) groups is 4. The maximum Gasteiger partial charge on any atom is 0.328 e. The van der Waals surface area contributed by atoms with Gasteiger partial charge in [-0.2, -0.15) is 0 Å². The molecule has 1 spiro atoms. The standard InChI is InChI=1S/C47H50F2N10O5/c1-26-17-32(48)31(20-37(26)58-14-10-41(60)54-46(58)63)45(62)56-15-11-47(12-16-56)22-28(23-47)18-27-19-33(49)42(51-24-27)30-5-4-6-36-29(30)9-13-57(36)40-21-35(50-2)43-52-25-38(59(43)55-40)44(61)53-34-7-8-39(34)64-3/h4-6,17,19-21,24-25,28,34,39,50H,7-16,18,22-23H2,1-3H3,(H,53,61)(H,54,60,63)/t34?,39-/m1/s1. The molecule has 2 aromatic carbocycles. The number of pyridine rings is 1. The number of hydrogen-bond donors (Lipinski definition) is 3. The van der Waals surface area contributed by atoms with Crippen LogP contribution < -0.4 is 25.8 Å². The fraction of sp³-hybridized carbons (Fsp3) is 0.426. The average molecular weight is 873 g/mol. The number of nitrogens with one attached hydrogen (secondary N) is 3. The van der Waals surface area contributed by atoms with Crippen molar-refractivity contribution in [1.82, 2.24) is 35.1 Å². The minimum absolute atomic E-state index is 0.00993. The first kappa shape index (κ1) is 41.5. The van der Waals surface area contributed by atoms with Crippen LogP contribution in [0.1, 0.15) is 82.5 Å². The second-order valence-electron chi connectivity index (χ2n) is 18.0. The second-order valence-corrected chi connectivity index (χ2v) is 18.0. The Morgan fingerprint density at radius 2 is 1.73 bits per heavy atom. The molecule has 3 aromatic heterocycles. The zero-order valence-corrected chi connectivity index (χ0v) is 36.0. The van der Waals surface area contributed by atoms with Crippen LogP contribution in [0.15, 0.2) is 54.9 Å². The normalized spacial score (nSPS) is 20.5. The number of methoxy groups -OCH3 is 1. The smallest absolute Gasteiger partial charge is 0.328 e. The van der Waals surface area contributed by atoms with Crippen molar-refractivity contribution < 1.29 is 32.7 Å². The van der Waals surface area contributed by atoms with Gasteiger partial charge in [-0.15, -0.1) is 5.10 Å². The van der Waals surface area contributed by atoms with E-state index in [4.69, 9.17) is 14.8 Å². The molecule has 3 aliphatic heterocycles. The van der Waals surface area contributed by atoms with Gasteiger partial charge in [0.05, 0.1) is 29.6 Å². The third kappa shape index (κ3) is 7.28. The predicted molar refractivity (Wildman–Crippen MR) is 235 cm³/mol. The number of nitrogens with zero attached hydrogens (tertiary/aromatic N) is 7. The van der Waals surface area contributed by atoms with Gasteiger partial charge in [-0.05, 0) is 111 Å². The van der Waals surface area contributed by atoms with Crippen molar-refractivity contribution in [3.8, 4) is 11.3 Å². The zero-order valence-electron chi connectivity index (χ0n) is 36.0. The van der Waals surface area contributed by atoms with Gasteiger partial charge in [-0.3, -0.25) is 29.6 Å². The fourth-order valence-corrected chi connectivity index (χ4v) is 10.6. The number of imidazole rings is 1. The highest BCUT2D eigenvalue weighted by Crippen LogP contribution is 2.54. The van der Waals surface area contributed by atoms with Gasteiger partial charge < -0.3 is 25.2 Å². The number of anilines is 4. The van der Waals surface area contributed by atoms with E-state index in [1.165, 1.54) is 23.2 Å². The first-order valence-corrected chi connectivity index (χ1v) is 22.1. The Balaban J connectivity index is 0.785. The number of likely N-dealkylation sites (tertiary alicyclic amines) is 1. The number of amides is 5. The molecule has 6 heterocycles. The van der Waals surface area contributed by atoms with Gasteiger partial charge in [-0.25, -0.2) is 23.1 Å². The number of fused-ring (bicyclic) bond motifs is 2. The monoisotopic (exact) mass is 872 g/mol. The molecule has 64 heavy (non-hydrogen) atoms. The minimum Gasteiger partial charge on any atom is -0.385 e. The molecule has 0 radical (unpaired) electrons. The molecule has 5 amide bonds. The Kier molecular flexibility index (Phi) is 10.5. The summed E-state index contributed by atoms with van der Waals surface area (Å²) in [6.07, 6.45) is 10.0. The molecule has 17 heteroatoms. The summed E-state index contributed by atoms with van der Waals surface area (Å²) in [6, 6.07) is 11.4. The number of rotatable bonds is 10. The summed E-state index contributed by atoms with van der Waals surface area (Å²) in [6.45, 7) is 3.42. The van der Waals surface area contributed by atoms with E-state index in [1.807, 2.05) is 24.3 Å². The SMILES string of the molecule is CNc1cc(N2CCc3c(-c4ncc(CC5CC6(CCN(C(=O)c7cc(N8CCC(=O)NC8=O)c(C)cc7F)CC6)C5)cc4F)cccc32)nn2c(C(=O)NC3CC[C@H]3OC)cnc12. The number of hydrogen-bond acceptors (Lipinski definition) is 10. The van der Waals surface area contributed by atoms with Crippen molar-refractivity contribution in [1.29, 1.82) is 0 Å². The molecule has 2 atom stereocenters. The lowest BCUT2D eigenvalue weighted by Gasteiger charge is -2.52. The molecule has 1 unspecified atom stereocenters. The molecule has 15 nitrogen and oxygen atoms in total. The lowest BCUT2D eigenvalue weighted by Crippen LogP contribution is -2.51. The van der Waals surface area contributed by atoms with Crippen LogP contribution in [0.3, 0.4) is 0 Å². The number of piperidine rings is 1. The van der Waals surface area contributed by atoms with Gasteiger partial charge in [0.15, 0.2) is 17.2 Å². The lowest BCUT2D eigenvalue weighted by atomic mass is 9.56.